The summed E-state index contributed by atoms with van der Waals surface area (Å²) >= 11 is 0. The average Bonchev–Trinajstić information content (AvgIpc) is 3.60. The first-order valence-electron chi connectivity index (χ1n) is 15.9. The molecule has 0 heterocycles. The number of benzene rings is 7. The molecule has 0 radical (unpaired) electrons. The van der Waals surface area contributed by atoms with Crippen LogP contribution in [0.2, 0.25) is 0 Å². The third-order valence-electron chi connectivity index (χ3n) is 10.5. The fraction of sp³-hybridized carbons (Fsp3) is 0.0909. The SMILES string of the molecule is C1=CCc2ccc3c(c2=C1)=c1c(ccc2ccccc12)=C3CCC1c2ccc3ccccc3c2-c2c1ccc1ccccc21. The lowest BCUT2D eigenvalue weighted by Gasteiger charge is -2.16. The van der Waals surface area contributed by atoms with Crippen molar-refractivity contribution in [2.75, 3.05) is 0 Å². The Morgan fingerprint density at radius 3 is 1.86 bits per heavy atom. The third-order valence-corrected chi connectivity index (χ3v) is 10.5. The molecular weight excluding hydrogens is 528 g/mol. The van der Waals surface area contributed by atoms with Crippen LogP contribution in [-0.2, 0) is 6.42 Å². The van der Waals surface area contributed by atoms with Crippen molar-refractivity contribution in [2.45, 2.75) is 25.2 Å². The smallest absolute Gasteiger partial charge is 0.0105 e. The Labute approximate surface area is 256 Å². The quantitative estimate of drug-likeness (QED) is 0.203. The van der Waals surface area contributed by atoms with Crippen LogP contribution in [0.5, 0.6) is 0 Å². The van der Waals surface area contributed by atoms with E-state index in [1.165, 1.54) is 92.1 Å². The molecule has 44 heavy (non-hydrogen) atoms. The molecule has 0 nitrogen and oxygen atoms in total. The second-order valence-electron chi connectivity index (χ2n) is 12.6. The molecule has 0 saturated heterocycles. The van der Waals surface area contributed by atoms with Gasteiger partial charge in [0.2, 0.25) is 0 Å². The fourth-order valence-corrected chi connectivity index (χ4v) is 8.60. The van der Waals surface area contributed by atoms with Gasteiger partial charge >= 0.3 is 0 Å². The lowest BCUT2D eigenvalue weighted by molar-refractivity contribution is 0.751. The van der Waals surface area contributed by atoms with Crippen molar-refractivity contribution >= 4 is 44.0 Å². The zero-order valence-corrected chi connectivity index (χ0v) is 24.5. The van der Waals surface area contributed by atoms with E-state index in [0.717, 1.165) is 19.3 Å². The maximum absolute atomic E-state index is 2.42. The van der Waals surface area contributed by atoms with Crippen molar-refractivity contribution < 1.29 is 0 Å². The Morgan fingerprint density at radius 2 is 1.16 bits per heavy atom. The van der Waals surface area contributed by atoms with Gasteiger partial charge in [0, 0.05) is 5.92 Å². The van der Waals surface area contributed by atoms with Crippen LogP contribution in [0.25, 0.3) is 55.1 Å². The minimum atomic E-state index is 0.363. The normalized spacial score (nSPS) is 14.4. The number of fused-ring (bicyclic) bond motifs is 13. The average molecular weight is 559 g/mol. The van der Waals surface area contributed by atoms with Crippen LogP contribution < -0.4 is 10.4 Å². The molecule has 3 aliphatic rings. The van der Waals surface area contributed by atoms with Crippen molar-refractivity contribution in [3.8, 4) is 11.1 Å². The molecule has 0 spiro atoms. The minimum Gasteiger partial charge on any atom is -0.0801 e. The van der Waals surface area contributed by atoms with Crippen LogP contribution in [0.3, 0.4) is 0 Å². The summed E-state index contributed by atoms with van der Waals surface area (Å²) in [6.45, 7) is 0. The van der Waals surface area contributed by atoms with E-state index in [1.54, 1.807) is 0 Å². The van der Waals surface area contributed by atoms with E-state index in [4.69, 9.17) is 0 Å². The minimum absolute atomic E-state index is 0.363. The number of hydrogen-bond acceptors (Lipinski definition) is 0. The van der Waals surface area contributed by atoms with Gasteiger partial charge in [-0.2, -0.15) is 0 Å². The monoisotopic (exact) mass is 558 g/mol. The molecule has 0 amide bonds. The van der Waals surface area contributed by atoms with Gasteiger partial charge in [0.25, 0.3) is 0 Å². The summed E-state index contributed by atoms with van der Waals surface area (Å²) < 4.78 is 0. The fourth-order valence-electron chi connectivity index (χ4n) is 8.60. The van der Waals surface area contributed by atoms with Gasteiger partial charge < -0.3 is 0 Å². The van der Waals surface area contributed by atoms with Crippen LogP contribution >= 0.6 is 0 Å². The van der Waals surface area contributed by atoms with Crippen LogP contribution in [0.4, 0.5) is 0 Å². The lowest BCUT2D eigenvalue weighted by Crippen LogP contribution is -2.14. The third kappa shape index (κ3) is 3.29. The predicted molar refractivity (Wildman–Crippen MR) is 185 cm³/mol. The molecule has 0 fully saturated rings. The maximum Gasteiger partial charge on any atom is 0.0105 e. The van der Waals surface area contributed by atoms with Crippen molar-refractivity contribution in [2.24, 2.45) is 0 Å². The van der Waals surface area contributed by atoms with Crippen LogP contribution in [0.1, 0.15) is 41.0 Å². The Bertz CT molecular complexity index is 2550. The number of rotatable bonds is 3. The maximum atomic E-state index is 2.42. The van der Waals surface area contributed by atoms with E-state index in [0.29, 0.717) is 5.92 Å². The van der Waals surface area contributed by atoms with Crippen LogP contribution in [0.15, 0.2) is 133 Å². The summed E-state index contributed by atoms with van der Waals surface area (Å²) in [6, 6.07) is 45.8. The number of hydrogen-bond donors (Lipinski definition) is 0. The molecule has 7 aromatic rings. The first-order chi connectivity index (χ1) is 21.8. The van der Waals surface area contributed by atoms with Gasteiger partial charge in [0.05, 0.1) is 0 Å². The highest BCUT2D eigenvalue weighted by atomic mass is 14.3. The molecule has 0 N–H and O–H groups in total. The zero-order valence-electron chi connectivity index (χ0n) is 24.5. The lowest BCUT2D eigenvalue weighted by atomic mass is 9.87. The highest BCUT2D eigenvalue weighted by molar-refractivity contribution is 6.10. The Hall–Kier alpha value is -5.20. The van der Waals surface area contributed by atoms with Gasteiger partial charge in [-0.25, -0.2) is 0 Å². The van der Waals surface area contributed by atoms with Gasteiger partial charge in [-0.05, 0) is 111 Å². The van der Waals surface area contributed by atoms with E-state index in [2.05, 4.69) is 140 Å². The molecule has 0 heteroatoms. The van der Waals surface area contributed by atoms with Crippen molar-refractivity contribution in [1.29, 1.82) is 0 Å². The summed E-state index contributed by atoms with van der Waals surface area (Å²) in [7, 11) is 0. The van der Waals surface area contributed by atoms with E-state index < -0.39 is 0 Å². The molecular formula is C44H30. The molecule has 0 saturated carbocycles. The largest absolute Gasteiger partial charge is 0.0801 e. The Morgan fingerprint density at radius 1 is 0.545 bits per heavy atom. The van der Waals surface area contributed by atoms with Gasteiger partial charge in [-0.15, -0.1) is 0 Å². The van der Waals surface area contributed by atoms with Crippen LogP contribution in [0, 0.1) is 10.4 Å². The summed E-state index contributed by atoms with van der Waals surface area (Å²) in [6.07, 6.45) is 9.99. The second kappa shape index (κ2) is 9.15. The topological polar surface area (TPSA) is 0 Å². The molecule has 0 aliphatic heterocycles. The molecule has 0 aromatic heterocycles. The second-order valence-corrected chi connectivity index (χ2v) is 12.6. The Balaban J connectivity index is 1.19. The summed E-state index contributed by atoms with van der Waals surface area (Å²) in [5.74, 6) is 0.363. The molecule has 3 aliphatic carbocycles. The van der Waals surface area contributed by atoms with E-state index in [1.807, 2.05) is 0 Å². The van der Waals surface area contributed by atoms with Crippen molar-refractivity contribution in [3.63, 3.8) is 0 Å². The first kappa shape index (κ1) is 24.3. The highest BCUT2D eigenvalue weighted by Gasteiger charge is 2.32. The van der Waals surface area contributed by atoms with E-state index in [-0.39, 0.29) is 0 Å². The summed E-state index contributed by atoms with van der Waals surface area (Å²) in [5.41, 5.74) is 10.2. The molecule has 206 valence electrons. The van der Waals surface area contributed by atoms with Gasteiger partial charge in [-0.1, -0.05) is 140 Å². The van der Waals surface area contributed by atoms with Gasteiger partial charge in [0.1, 0.15) is 0 Å². The van der Waals surface area contributed by atoms with E-state index >= 15 is 0 Å². The molecule has 10 rings (SSSR count). The Kier molecular flexibility index (Phi) is 5.05. The molecule has 7 aromatic carbocycles. The van der Waals surface area contributed by atoms with Gasteiger partial charge in [-0.3, -0.25) is 0 Å². The van der Waals surface area contributed by atoms with Gasteiger partial charge in [0.15, 0.2) is 0 Å². The highest BCUT2D eigenvalue weighted by Crippen LogP contribution is 2.52. The zero-order chi connectivity index (χ0) is 28.8. The molecule has 0 atom stereocenters. The first-order valence-corrected chi connectivity index (χ1v) is 15.9. The standard InChI is InChI=1S/C44H30/c1-5-13-31-27(9-1)17-21-37-35(38-22-18-28-10-2-6-14-32(28)42(38)41(31)37)25-26-36-39-23-19-29-11-3-7-15-33(29)43(39)44-34-16-8-4-12-30(34)20-24-40(36)44/h1-11,13-24,35H,12,25-26H2. The van der Waals surface area contributed by atoms with E-state index in [9.17, 15) is 0 Å². The van der Waals surface area contributed by atoms with Crippen molar-refractivity contribution in [3.05, 3.63) is 177 Å². The van der Waals surface area contributed by atoms with Crippen LogP contribution in [-0.4, -0.2) is 0 Å². The summed E-state index contributed by atoms with van der Waals surface area (Å²) in [5, 5.41) is 13.8. The summed E-state index contributed by atoms with van der Waals surface area (Å²) in [4.78, 5) is 0. The molecule has 0 bridgehead atoms. The molecule has 0 unspecified atom stereocenters. The predicted octanol–water partition coefficient (Wildman–Crippen LogP) is 9.43. The van der Waals surface area contributed by atoms with Crippen molar-refractivity contribution in [1.82, 2.24) is 0 Å². The number of allylic oxidation sites excluding steroid dienone is 2.